The van der Waals surface area contributed by atoms with Gasteiger partial charge in [-0.1, -0.05) is 85.3 Å². The van der Waals surface area contributed by atoms with Crippen LogP contribution in [0.1, 0.15) is 48.6 Å². The number of fused-ring (bicyclic) bond motifs is 1. The van der Waals surface area contributed by atoms with Crippen molar-refractivity contribution in [3.05, 3.63) is 137 Å². The van der Waals surface area contributed by atoms with E-state index in [-0.39, 0.29) is 5.41 Å². The van der Waals surface area contributed by atoms with Gasteiger partial charge in [0.1, 0.15) is 18.6 Å². The van der Waals surface area contributed by atoms with E-state index in [1.54, 1.807) is 0 Å². The molecular weight excluding hydrogens is 438 g/mol. The first kappa shape index (κ1) is 23.8. The second-order valence-electron chi connectivity index (χ2n) is 10.1. The standard InChI is InChI=1S/C34H34NO/c1-6-25-16-20-27(21-17-25)32-23-28(26-18-14-24(2)15-19-26)22-29(36-32)10-9-13-33-34(3,4)30-11-7-8-12-31(30)35(33)5/h7-23H,6H2,1-5H3/q+1/b13-9+,29-10+. The lowest BCUT2D eigenvalue weighted by molar-refractivity contribution is -0.401. The summed E-state index contributed by atoms with van der Waals surface area (Å²) in [5.41, 5.74) is 9.84. The van der Waals surface area contributed by atoms with Crippen LogP contribution in [0.25, 0.3) is 11.3 Å². The zero-order valence-corrected chi connectivity index (χ0v) is 21.9. The molecule has 2 aliphatic rings. The lowest BCUT2D eigenvalue weighted by Crippen LogP contribution is -2.26. The van der Waals surface area contributed by atoms with E-state index < -0.39 is 0 Å². The second-order valence-corrected chi connectivity index (χ2v) is 10.1. The van der Waals surface area contributed by atoms with Gasteiger partial charge in [-0.05, 0) is 62.1 Å². The SMILES string of the molecule is CCc1ccc(C2=CC(c3ccc(C)cc3)=C/C(=C\C=C\C3=[N+](C)c4ccccc4C3(C)C)O2)cc1. The Morgan fingerprint density at radius 2 is 1.56 bits per heavy atom. The maximum atomic E-state index is 6.40. The zero-order valence-electron chi connectivity index (χ0n) is 21.9. The lowest BCUT2D eigenvalue weighted by atomic mass is 9.81. The topological polar surface area (TPSA) is 12.2 Å². The number of allylic oxidation sites excluding steroid dienone is 6. The quantitative estimate of drug-likeness (QED) is 0.341. The van der Waals surface area contributed by atoms with Crippen molar-refractivity contribution in [3.63, 3.8) is 0 Å². The molecule has 0 fully saturated rings. The average Bonchev–Trinajstić information content (AvgIpc) is 3.09. The van der Waals surface area contributed by atoms with Crippen LogP contribution >= 0.6 is 0 Å². The fourth-order valence-corrected chi connectivity index (χ4v) is 5.10. The van der Waals surface area contributed by atoms with Crippen molar-refractivity contribution in [3.8, 4) is 0 Å². The van der Waals surface area contributed by atoms with Crippen LogP contribution in [-0.4, -0.2) is 17.3 Å². The molecule has 0 amide bonds. The predicted octanol–water partition coefficient (Wildman–Crippen LogP) is 8.16. The van der Waals surface area contributed by atoms with Gasteiger partial charge in [0.05, 0.1) is 5.41 Å². The first-order valence-corrected chi connectivity index (χ1v) is 12.7. The van der Waals surface area contributed by atoms with E-state index >= 15 is 0 Å². The van der Waals surface area contributed by atoms with Crippen LogP contribution in [0.5, 0.6) is 0 Å². The number of benzene rings is 3. The lowest BCUT2D eigenvalue weighted by Gasteiger charge is -2.18. The Morgan fingerprint density at radius 3 is 2.25 bits per heavy atom. The Hall–Kier alpha value is -3.91. The van der Waals surface area contributed by atoms with Gasteiger partial charge in [-0.2, -0.15) is 4.58 Å². The molecule has 180 valence electrons. The van der Waals surface area contributed by atoms with Crippen molar-refractivity contribution < 1.29 is 9.31 Å². The molecule has 5 rings (SSSR count). The molecule has 0 aromatic heterocycles. The number of hydrogen-bond acceptors (Lipinski definition) is 1. The molecule has 0 spiro atoms. The molecule has 0 N–H and O–H groups in total. The van der Waals surface area contributed by atoms with Gasteiger partial charge >= 0.3 is 0 Å². The van der Waals surface area contributed by atoms with E-state index in [4.69, 9.17) is 4.74 Å². The summed E-state index contributed by atoms with van der Waals surface area (Å²) in [5, 5.41) is 0. The third-order valence-electron chi connectivity index (χ3n) is 7.30. The maximum absolute atomic E-state index is 6.40. The summed E-state index contributed by atoms with van der Waals surface area (Å²) in [6, 6.07) is 26.0. The summed E-state index contributed by atoms with van der Waals surface area (Å²) < 4.78 is 8.69. The number of nitrogens with zero attached hydrogens (tertiary/aromatic N) is 1. The van der Waals surface area contributed by atoms with Crippen LogP contribution in [0.4, 0.5) is 5.69 Å². The van der Waals surface area contributed by atoms with E-state index in [1.165, 1.54) is 33.7 Å². The number of para-hydroxylation sites is 1. The number of aryl methyl sites for hydroxylation is 2. The first-order valence-electron chi connectivity index (χ1n) is 12.7. The van der Waals surface area contributed by atoms with Gasteiger partial charge in [-0.15, -0.1) is 0 Å². The molecule has 0 atom stereocenters. The Morgan fingerprint density at radius 1 is 0.861 bits per heavy atom. The molecule has 2 aliphatic heterocycles. The summed E-state index contributed by atoms with van der Waals surface area (Å²) in [5.74, 6) is 1.70. The minimum atomic E-state index is -0.0528. The van der Waals surface area contributed by atoms with Crippen LogP contribution in [0, 0.1) is 6.92 Å². The molecule has 0 saturated heterocycles. The minimum absolute atomic E-state index is 0.0528. The van der Waals surface area contributed by atoms with Crippen LogP contribution < -0.4 is 0 Å². The van der Waals surface area contributed by atoms with Crippen LogP contribution in [0.3, 0.4) is 0 Å². The highest BCUT2D eigenvalue weighted by molar-refractivity contribution is 6.03. The number of hydrogen-bond donors (Lipinski definition) is 0. The maximum Gasteiger partial charge on any atom is 0.209 e. The molecule has 2 heteroatoms. The Labute approximate surface area is 215 Å². The smallest absolute Gasteiger partial charge is 0.209 e. The molecule has 3 aromatic rings. The van der Waals surface area contributed by atoms with Gasteiger partial charge in [0.2, 0.25) is 5.69 Å². The molecule has 36 heavy (non-hydrogen) atoms. The summed E-state index contributed by atoms with van der Waals surface area (Å²) in [6.07, 6.45) is 11.7. The molecule has 2 heterocycles. The number of rotatable bonds is 5. The molecule has 0 aliphatic carbocycles. The van der Waals surface area contributed by atoms with Gasteiger partial charge in [0.25, 0.3) is 0 Å². The molecule has 0 unspecified atom stereocenters. The van der Waals surface area contributed by atoms with Gasteiger partial charge < -0.3 is 4.74 Å². The summed E-state index contributed by atoms with van der Waals surface area (Å²) in [6.45, 7) is 8.87. The molecule has 0 bridgehead atoms. The van der Waals surface area contributed by atoms with Crippen molar-refractivity contribution >= 4 is 22.7 Å². The normalized spacial score (nSPS) is 17.8. The molecule has 3 aromatic carbocycles. The van der Waals surface area contributed by atoms with Gasteiger partial charge in [0, 0.05) is 23.3 Å². The molecule has 2 nitrogen and oxygen atoms in total. The third-order valence-corrected chi connectivity index (χ3v) is 7.30. The highest BCUT2D eigenvalue weighted by atomic mass is 16.5. The predicted molar refractivity (Wildman–Crippen MR) is 152 cm³/mol. The Balaban J connectivity index is 1.49. The minimum Gasteiger partial charge on any atom is -0.457 e. The molecule has 0 saturated carbocycles. The molecule has 0 radical (unpaired) electrons. The van der Waals surface area contributed by atoms with E-state index in [0.717, 1.165) is 29.1 Å². The van der Waals surface area contributed by atoms with Gasteiger partial charge in [-0.25, -0.2) is 0 Å². The summed E-state index contributed by atoms with van der Waals surface area (Å²) in [4.78, 5) is 0. The van der Waals surface area contributed by atoms with E-state index in [1.807, 2.05) is 0 Å². The summed E-state index contributed by atoms with van der Waals surface area (Å²) in [7, 11) is 2.15. The fraction of sp³-hybridized carbons (Fsp3) is 0.206. The van der Waals surface area contributed by atoms with E-state index in [9.17, 15) is 0 Å². The Kier molecular flexibility index (Phi) is 6.36. The van der Waals surface area contributed by atoms with Crippen molar-refractivity contribution in [1.29, 1.82) is 0 Å². The third kappa shape index (κ3) is 4.52. The van der Waals surface area contributed by atoms with Crippen molar-refractivity contribution in [2.45, 2.75) is 39.5 Å². The number of ether oxygens (including phenoxy) is 1. The monoisotopic (exact) mass is 472 g/mol. The van der Waals surface area contributed by atoms with E-state index in [0.29, 0.717) is 0 Å². The van der Waals surface area contributed by atoms with Crippen molar-refractivity contribution in [2.24, 2.45) is 0 Å². The van der Waals surface area contributed by atoms with Gasteiger partial charge in [-0.3, -0.25) is 0 Å². The highest BCUT2D eigenvalue weighted by Crippen LogP contribution is 2.39. The Bertz CT molecular complexity index is 1440. The van der Waals surface area contributed by atoms with Crippen LogP contribution in [-0.2, 0) is 16.6 Å². The van der Waals surface area contributed by atoms with E-state index in [2.05, 4.69) is 142 Å². The first-order chi connectivity index (χ1) is 17.4. The fourth-order valence-electron chi connectivity index (χ4n) is 5.10. The second kappa shape index (κ2) is 9.62. The zero-order chi connectivity index (χ0) is 25.3. The van der Waals surface area contributed by atoms with Crippen molar-refractivity contribution in [1.82, 2.24) is 0 Å². The largest absolute Gasteiger partial charge is 0.457 e. The average molecular weight is 473 g/mol. The van der Waals surface area contributed by atoms with Crippen molar-refractivity contribution in [2.75, 3.05) is 7.05 Å². The molecular formula is C34H34NO+. The highest BCUT2D eigenvalue weighted by Gasteiger charge is 2.42. The summed E-state index contributed by atoms with van der Waals surface area (Å²) >= 11 is 0. The van der Waals surface area contributed by atoms with Crippen LogP contribution in [0.15, 0.2) is 109 Å². The van der Waals surface area contributed by atoms with Gasteiger partial charge in [0.15, 0.2) is 5.71 Å². The van der Waals surface area contributed by atoms with Crippen LogP contribution in [0.2, 0.25) is 0 Å².